The fraction of sp³-hybridized carbons (Fsp3) is 0.490. The molecule has 1 fully saturated rings. The molecule has 0 unspecified atom stereocenters. The first-order valence-electron chi connectivity index (χ1n) is 22.5. The maximum atomic E-state index is 14.3. The van der Waals surface area contributed by atoms with Gasteiger partial charge in [-0.2, -0.15) is 0 Å². The van der Waals surface area contributed by atoms with Gasteiger partial charge in [0.05, 0.1) is 31.5 Å². The lowest BCUT2D eigenvalue weighted by molar-refractivity contribution is -0.290. The van der Waals surface area contributed by atoms with E-state index in [0.717, 1.165) is 24.0 Å². The number of allylic oxidation sites excluding steroid dienone is 1. The Hall–Kier alpha value is -3.73. The third-order valence-corrected chi connectivity index (χ3v) is 20.0. The van der Waals surface area contributed by atoms with Gasteiger partial charge in [-0.3, -0.25) is 4.52 Å². The molecular weight excluding hydrogens is 816 g/mol. The number of phosphoric acid groups is 1. The van der Waals surface area contributed by atoms with Gasteiger partial charge in [-0.15, -0.1) is 0 Å². The summed E-state index contributed by atoms with van der Waals surface area (Å²) in [4.78, 5) is 0. The van der Waals surface area contributed by atoms with Gasteiger partial charge in [-0.25, -0.2) is 4.57 Å². The van der Waals surface area contributed by atoms with E-state index >= 15 is 0 Å². The molecule has 9 nitrogen and oxygen atoms in total. The number of para-hydroxylation sites is 2. The first-order valence-corrected chi connectivity index (χ1v) is 26.1. The average Bonchev–Trinajstić information content (AvgIpc) is 3.41. The molecule has 0 aliphatic carbocycles. The van der Waals surface area contributed by atoms with Crippen LogP contribution in [0.2, 0.25) is 16.6 Å². The van der Waals surface area contributed by atoms with Gasteiger partial charge in [-0.1, -0.05) is 139 Å². The summed E-state index contributed by atoms with van der Waals surface area (Å²) >= 11 is 0. The van der Waals surface area contributed by atoms with Crippen LogP contribution in [-0.4, -0.2) is 51.0 Å². The van der Waals surface area contributed by atoms with Gasteiger partial charge in [0.1, 0.15) is 35.1 Å². The highest BCUT2D eigenvalue weighted by Crippen LogP contribution is 2.52. The number of fused-ring (bicyclic) bond motifs is 1. The minimum absolute atomic E-state index is 0.133. The molecule has 0 amide bonds. The Morgan fingerprint density at radius 1 is 0.710 bits per heavy atom. The van der Waals surface area contributed by atoms with Crippen LogP contribution in [0.15, 0.2) is 133 Å². The molecule has 62 heavy (non-hydrogen) atoms. The van der Waals surface area contributed by atoms with Crippen LogP contribution >= 0.6 is 7.82 Å². The maximum Gasteiger partial charge on any atom is 0.588 e. The largest absolute Gasteiger partial charge is 0.588 e. The second-order valence-corrected chi connectivity index (χ2v) is 25.0. The monoisotopic (exact) mass is 884 g/mol. The van der Waals surface area contributed by atoms with Crippen molar-refractivity contribution < 1.29 is 41.5 Å². The van der Waals surface area contributed by atoms with E-state index in [1.165, 1.54) is 0 Å². The Balaban J connectivity index is 1.27. The fourth-order valence-electron chi connectivity index (χ4n) is 9.47. The lowest BCUT2D eigenvalue weighted by atomic mass is 9.76. The normalized spacial score (nSPS) is 22.4. The SMILES string of the molecule is CC(C)[Si](O[C@@H](CCCOCc1ccccc1)[C@]1(C)O[C@@H]2CCC=C(COP(=O)(Oc3ccccc3)Oc3ccccc3)O[C@@]2(C)C[C@H]1OCc1ccccc1)(C(C)C)C(C)C. The minimum atomic E-state index is -4.17. The summed E-state index contributed by atoms with van der Waals surface area (Å²) in [6, 6.07) is 38.4. The summed E-state index contributed by atoms with van der Waals surface area (Å²) in [6.45, 7) is 19.7. The summed E-state index contributed by atoms with van der Waals surface area (Å²) < 4.78 is 67.9. The molecule has 11 heteroatoms. The molecule has 2 aliphatic heterocycles. The van der Waals surface area contributed by atoms with Crippen molar-refractivity contribution in [3.63, 3.8) is 0 Å². The predicted octanol–water partition coefficient (Wildman–Crippen LogP) is 13.4. The number of rotatable bonds is 22. The smallest absolute Gasteiger partial charge is 0.487 e. The van der Waals surface area contributed by atoms with Gasteiger partial charge in [0, 0.05) is 13.0 Å². The van der Waals surface area contributed by atoms with Gasteiger partial charge >= 0.3 is 7.82 Å². The fourth-order valence-corrected chi connectivity index (χ4v) is 16.3. The van der Waals surface area contributed by atoms with Crippen molar-refractivity contribution in [2.75, 3.05) is 13.2 Å². The Bertz CT molecular complexity index is 1950. The molecule has 336 valence electrons. The van der Waals surface area contributed by atoms with E-state index in [1.54, 1.807) is 48.5 Å². The van der Waals surface area contributed by atoms with E-state index in [9.17, 15) is 4.57 Å². The molecule has 4 aromatic rings. The molecule has 0 aromatic heterocycles. The van der Waals surface area contributed by atoms with E-state index in [-0.39, 0.29) is 18.8 Å². The molecule has 6 rings (SSSR count). The average molecular weight is 885 g/mol. The second kappa shape index (κ2) is 21.8. The van der Waals surface area contributed by atoms with Crippen molar-refractivity contribution in [3.05, 3.63) is 144 Å². The van der Waals surface area contributed by atoms with Gasteiger partial charge in [0.25, 0.3) is 0 Å². The number of hydrogen-bond donors (Lipinski definition) is 0. The topological polar surface area (TPSA) is 90.9 Å². The van der Waals surface area contributed by atoms with E-state index in [1.807, 2.05) is 54.6 Å². The van der Waals surface area contributed by atoms with E-state index in [0.29, 0.717) is 73.0 Å². The highest BCUT2D eigenvalue weighted by molar-refractivity contribution is 7.49. The molecule has 0 spiro atoms. The molecule has 2 aliphatic rings. The number of hydrogen-bond acceptors (Lipinski definition) is 9. The standard InChI is InChI=1S/C51H69O9PSi/c1-39(2)62(40(3)4,41(5)6)60-48(33-22-34-53-36-42-23-13-9-14-24-42)51(8)49(54-37-43-25-15-10-16-26-43)35-50(7)47(57-51)32-21-31-46(56-50)38-55-61(52,58-44-27-17-11-18-28-44)59-45-29-19-12-20-30-45/h9-20,23-31,39-41,47-49H,21-22,32-38H2,1-8H3/t47-,48+,49-,50+,51+/m1/s1. The van der Waals surface area contributed by atoms with Crippen molar-refractivity contribution in [2.45, 2.75) is 147 Å². The second-order valence-electron chi connectivity index (χ2n) is 18.1. The molecule has 4 aromatic carbocycles. The van der Waals surface area contributed by atoms with Gasteiger partial charge in [0.15, 0.2) is 0 Å². The van der Waals surface area contributed by atoms with Crippen molar-refractivity contribution in [1.82, 2.24) is 0 Å². The third-order valence-electron chi connectivity index (χ3n) is 12.6. The quantitative estimate of drug-likeness (QED) is 0.0435. The summed E-state index contributed by atoms with van der Waals surface area (Å²) in [7, 11) is -6.58. The van der Waals surface area contributed by atoms with Gasteiger partial charge in [0.2, 0.25) is 8.32 Å². The zero-order chi connectivity index (χ0) is 44.2. The van der Waals surface area contributed by atoms with Crippen molar-refractivity contribution >= 4 is 16.1 Å². The van der Waals surface area contributed by atoms with Gasteiger partial charge < -0.3 is 32.4 Å². The molecule has 2 heterocycles. The van der Waals surface area contributed by atoms with Crippen molar-refractivity contribution in [2.24, 2.45) is 0 Å². The Kier molecular flexibility index (Phi) is 16.8. The highest BCUT2D eigenvalue weighted by Gasteiger charge is 2.59. The lowest BCUT2D eigenvalue weighted by Gasteiger charge is -2.56. The van der Waals surface area contributed by atoms with E-state index < -0.39 is 33.4 Å². The van der Waals surface area contributed by atoms with E-state index in [4.69, 9.17) is 36.9 Å². The molecule has 5 atom stereocenters. The van der Waals surface area contributed by atoms with Gasteiger partial charge in [-0.05, 0) is 97.6 Å². The molecule has 0 saturated carbocycles. The maximum absolute atomic E-state index is 14.3. The summed E-state index contributed by atoms with van der Waals surface area (Å²) in [5.74, 6) is 1.27. The zero-order valence-corrected chi connectivity index (χ0v) is 40.0. The van der Waals surface area contributed by atoms with Crippen LogP contribution in [0.1, 0.15) is 98.6 Å². The van der Waals surface area contributed by atoms with Crippen LogP contribution in [0.4, 0.5) is 0 Å². The van der Waals surface area contributed by atoms with Crippen LogP contribution in [0.5, 0.6) is 11.5 Å². The number of phosphoric ester groups is 1. The summed E-state index contributed by atoms with van der Waals surface area (Å²) in [6.07, 6.45) is 4.46. The molecular formula is C51H69O9PSi. The zero-order valence-electron chi connectivity index (χ0n) is 38.1. The Labute approximate surface area is 372 Å². The third kappa shape index (κ3) is 12.1. The first kappa shape index (κ1) is 47.7. The lowest BCUT2D eigenvalue weighted by Crippen LogP contribution is -2.67. The minimum Gasteiger partial charge on any atom is -0.487 e. The molecule has 0 radical (unpaired) electrons. The summed E-state index contributed by atoms with van der Waals surface area (Å²) in [5, 5.41) is 0. The molecule has 0 bridgehead atoms. The number of ether oxygens (including phenoxy) is 4. The van der Waals surface area contributed by atoms with Crippen molar-refractivity contribution in [3.8, 4) is 11.5 Å². The highest BCUT2D eigenvalue weighted by atomic mass is 31.2. The van der Waals surface area contributed by atoms with Crippen LogP contribution < -0.4 is 9.05 Å². The summed E-state index contributed by atoms with van der Waals surface area (Å²) in [5.41, 5.74) is 1.71. The molecule has 1 saturated heterocycles. The van der Waals surface area contributed by atoms with Crippen LogP contribution in [0.3, 0.4) is 0 Å². The van der Waals surface area contributed by atoms with Crippen LogP contribution in [-0.2, 0) is 45.7 Å². The predicted molar refractivity (Wildman–Crippen MR) is 249 cm³/mol. The Morgan fingerprint density at radius 3 is 1.76 bits per heavy atom. The molecule has 0 N–H and O–H groups in total. The van der Waals surface area contributed by atoms with E-state index in [2.05, 4.69) is 79.7 Å². The van der Waals surface area contributed by atoms with Crippen LogP contribution in [0, 0.1) is 0 Å². The Morgan fingerprint density at radius 2 is 1.23 bits per heavy atom. The first-order chi connectivity index (χ1) is 29.7. The van der Waals surface area contributed by atoms with Crippen molar-refractivity contribution in [1.29, 1.82) is 0 Å². The number of benzene rings is 4. The van der Waals surface area contributed by atoms with Crippen LogP contribution in [0.25, 0.3) is 0 Å².